The van der Waals surface area contributed by atoms with Gasteiger partial charge in [0.2, 0.25) is 5.89 Å². The summed E-state index contributed by atoms with van der Waals surface area (Å²) in [6.07, 6.45) is 5.00. The van der Waals surface area contributed by atoms with E-state index in [2.05, 4.69) is 14.6 Å². The Morgan fingerprint density at radius 2 is 2.15 bits per heavy atom. The zero-order valence-corrected chi connectivity index (χ0v) is 19.3. The monoisotopic (exact) mass is 491 g/mol. The van der Waals surface area contributed by atoms with Gasteiger partial charge in [-0.3, -0.25) is 4.79 Å². The van der Waals surface area contributed by atoms with E-state index < -0.39 is 28.5 Å². The fraction of sp³-hybridized carbons (Fsp3) is 0.350. The first kappa shape index (κ1) is 22.9. The van der Waals surface area contributed by atoms with Gasteiger partial charge in [-0.05, 0) is 30.0 Å². The Labute approximate surface area is 194 Å². The van der Waals surface area contributed by atoms with Crippen molar-refractivity contribution in [2.45, 2.75) is 19.9 Å². The SMILES string of the molecule is CCCN(Cc1nnc(-c2cccs2)o1)C(=O)COC(=O)C1=CN2CCS(=O)(=O)N=C2C=C1. The molecule has 0 saturated heterocycles. The minimum Gasteiger partial charge on any atom is -0.452 e. The summed E-state index contributed by atoms with van der Waals surface area (Å²) in [6, 6.07) is 3.74. The lowest BCUT2D eigenvalue weighted by Crippen LogP contribution is -2.37. The summed E-state index contributed by atoms with van der Waals surface area (Å²) < 4.78 is 37.7. The third-order valence-corrected chi connectivity index (χ3v) is 6.78. The lowest BCUT2D eigenvalue weighted by atomic mass is 10.2. The van der Waals surface area contributed by atoms with Crippen LogP contribution in [0.15, 0.2) is 50.3 Å². The van der Waals surface area contributed by atoms with Crippen molar-refractivity contribution in [3.05, 3.63) is 47.3 Å². The fourth-order valence-corrected chi connectivity index (χ4v) is 4.78. The number of aromatic nitrogens is 2. The highest BCUT2D eigenvalue weighted by atomic mass is 32.2. The van der Waals surface area contributed by atoms with Crippen molar-refractivity contribution in [3.63, 3.8) is 0 Å². The highest BCUT2D eigenvalue weighted by molar-refractivity contribution is 7.90. The van der Waals surface area contributed by atoms with E-state index in [4.69, 9.17) is 9.15 Å². The van der Waals surface area contributed by atoms with Crippen LogP contribution in [0.5, 0.6) is 0 Å². The summed E-state index contributed by atoms with van der Waals surface area (Å²) in [5, 5.41) is 9.92. The number of hydrogen-bond donors (Lipinski definition) is 0. The van der Waals surface area contributed by atoms with Crippen molar-refractivity contribution < 1.29 is 27.2 Å². The zero-order valence-electron chi connectivity index (χ0n) is 17.7. The second kappa shape index (κ2) is 9.67. The van der Waals surface area contributed by atoms with E-state index >= 15 is 0 Å². The number of nitrogens with zero attached hydrogens (tertiary/aromatic N) is 5. The van der Waals surface area contributed by atoms with Gasteiger partial charge in [-0.25, -0.2) is 13.2 Å². The van der Waals surface area contributed by atoms with Crippen LogP contribution >= 0.6 is 11.3 Å². The molecule has 2 aliphatic heterocycles. The van der Waals surface area contributed by atoms with Gasteiger partial charge in [-0.15, -0.1) is 25.9 Å². The second-order valence-corrected chi connectivity index (χ2v) is 9.92. The average Bonchev–Trinajstić information content (AvgIpc) is 3.48. The first-order chi connectivity index (χ1) is 15.8. The third kappa shape index (κ3) is 5.54. The van der Waals surface area contributed by atoms with Crippen LogP contribution in [0, 0.1) is 0 Å². The van der Waals surface area contributed by atoms with Crippen LogP contribution in [0.2, 0.25) is 0 Å². The molecule has 4 heterocycles. The molecule has 0 bridgehead atoms. The van der Waals surface area contributed by atoms with Gasteiger partial charge in [-0.1, -0.05) is 13.0 Å². The van der Waals surface area contributed by atoms with Crippen LogP contribution in [0.25, 0.3) is 10.8 Å². The normalized spacial score (nSPS) is 16.6. The van der Waals surface area contributed by atoms with Gasteiger partial charge < -0.3 is 19.0 Å². The number of esters is 1. The molecule has 2 aromatic heterocycles. The predicted octanol–water partition coefficient (Wildman–Crippen LogP) is 1.58. The van der Waals surface area contributed by atoms with E-state index in [1.165, 1.54) is 34.6 Å². The molecule has 11 nitrogen and oxygen atoms in total. The molecule has 174 valence electrons. The Morgan fingerprint density at radius 3 is 2.91 bits per heavy atom. The minimum absolute atomic E-state index is 0.104. The quantitative estimate of drug-likeness (QED) is 0.504. The standard InChI is InChI=1S/C20H21N5O6S2/c1-2-7-25(12-17-21-22-19(31-17)15-4-3-9-32-15)18(26)13-30-20(27)14-5-6-16-23-33(28,29)10-8-24(16)11-14/h3-6,9,11H,2,7-8,10,12-13H2,1H3. The van der Waals surface area contributed by atoms with Crippen molar-refractivity contribution in [1.82, 2.24) is 20.0 Å². The van der Waals surface area contributed by atoms with Crippen molar-refractivity contribution in [2.75, 3.05) is 25.4 Å². The Morgan fingerprint density at radius 1 is 1.30 bits per heavy atom. The first-order valence-electron chi connectivity index (χ1n) is 10.1. The van der Waals surface area contributed by atoms with Crippen LogP contribution < -0.4 is 0 Å². The maximum absolute atomic E-state index is 12.7. The summed E-state index contributed by atoms with van der Waals surface area (Å²) in [6.45, 7) is 2.19. The van der Waals surface area contributed by atoms with Gasteiger partial charge in [0, 0.05) is 19.3 Å². The number of carbonyl (C=O) groups excluding carboxylic acids is 2. The van der Waals surface area contributed by atoms with Gasteiger partial charge in [0.15, 0.2) is 6.61 Å². The highest BCUT2D eigenvalue weighted by Crippen LogP contribution is 2.23. The number of sulfonamides is 1. The van der Waals surface area contributed by atoms with E-state index in [0.717, 1.165) is 4.88 Å². The minimum atomic E-state index is -3.48. The summed E-state index contributed by atoms with van der Waals surface area (Å²) in [5.41, 5.74) is 0.195. The number of hydrogen-bond acceptors (Lipinski definition) is 10. The fourth-order valence-electron chi connectivity index (χ4n) is 3.17. The molecule has 2 aromatic rings. The molecule has 4 rings (SSSR count). The molecule has 2 aliphatic rings. The van der Waals surface area contributed by atoms with Gasteiger partial charge in [0.25, 0.3) is 21.8 Å². The summed E-state index contributed by atoms with van der Waals surface area (Å²) in [4.78, 5) is 29.0. The smallest absolute Gasteiger partial charge is 0.340 e. The van der Waals surface area contributed by atoms with Crippen molar-refractivity contribution in [2.24, 2.45) is 4.40 Å². The van der Waals surface area contributed by atoms with E-state index in [-0.39, 0.29) is 36.1 Å². The topological polar surface area (TPSA) is 135 Å². The number of amidine groups is 1. The van der Waals surface area contributed by atoms with Crippen LogP contribution in [-0.4, -0.2) is 71.6 Å². The molecule has 0 fully saturated rings. The molecule has 1 amide bonds. The van der Waals surface area contributed by atoms with Crippen molar-refractivity contribution >= 4 is 39.1 Å². The van der Waals surface area contributed by atoms with Crippen molar-refractivity contribution in [3.8, 4) is 10.8 Å². The maximum Gasteiger partial charge on any atom is 0.340 e. The zero-order chi connectivity index (χ0) is 23.4. The van der Waals surface area contributed by atoms with Crippen molar-refractivity contribution in [1.29, 1.82) is 0 Å². The largest absolute Gasteiger partial charge is 0.452 e. The Hall–Kier alpha value is -3.32. The molecule has 0 radical (unpaired) electrons. The summed E-state index contributed by atoms with van der Waals surface area (Å²) in [5.74, 6) is -0.313. The van der Waals surface area contributed by atoms with E-state index in [1.54, 1.807) is 4.90 Å². The molecular formula is C20H21N5O6S2. The number of fused-ring (bicyclic) bond motifs is 1. The van der Waals surface area contributed by atoms with Gasteiger partial charge >= 0.3 is 5.97 Å². The van der Waals surface area contributed by atoms with E-state index in [0.29, 0.717) is 18.9 Å². The molecule has 13 heteroatoms. The third-order valence-electron chi connectivity index (χ3n) is 4.76. The molecule has 0 aromatic carbocycles. The molecule has 0 unspecified atom stereocenters. The average molecular weight is 492 g/mol. The van der Waals surface area contributed by atoms with Crippen LogP contribution in [0.4, 0.5) is 0 Å². The number of amides is 1. The Kier molecular flexibility index (Phi) is 6.70. The van der Waals surface area contributed by atoms with Gasteiger partial charge in [0.05, 0.1) is 22.7 Å². The molecular weight excluding hydrogens is 470 g/mol. The molecule has 0 N–H and O–H groups in total. The molecule has 33 heavy (non-hydrogen) atoms. The summed E-state index contributed by atoms with van der Waals surface area (Å²) in [7, 11) is -3.48. The van der Waals surface area contributed by atoms with Crippen LogP contribution in [0.3, 0.4) is 0 Å². The van der Waals surface area contributed by atoms with E-state index in [9.17, 15) is 18.0 Å². The maximum atomic E-state index is 12.7. The van der Waals surface area contributed by atoms with Crippen LogP contribution in [0.1, 0.15) is 19.2 Å². The number of thiophene rings is 1. The first-order valence-corrected chi connectivity index (χ1v) is 12.6. The van der Waals surface area contributed by atoms with E-state index in [1.807, 2.05) is 24.4 Å². The number of rotatable bonds is 8. The molecule has 0 spiro atoms. The van der Waals surface area contributed by atoms with Crippen LogP contribution in [-0.2, 0) is 30.9 Å². The number of ether oxygens (including phenoxy) is 1. The lowest BCUT2D eigenvalue weighted by molar-refractivity contribution is -0.149. The van der Waals surface area contributed by atoms with Gasteiger partial charge in [-0.2, -0.15) is 0 Å². The Bertz CT molecular complexity index is 1230. The highest BCUT2D eigenvalue weighted by Gasteiger charge is 2.26. The van der Waals surface area contributed by atoms with Gasteiger partial charge in [0.1, 0.15) is 5.84 Å². The second-order valence-electron chi connectivity index (χ2n) is 7.22. The predicted molar refractivity (Wildman–Crippen MR) is 119 cm³/mol. The molecule has 0 atom stereocenters. The lowest BCUT2D eigenvalue weighted by Gasteiger charge is -2.26. The molecule has 0 saturated carbocycles. The Balaban J connectivity index is 1.35. The summed E-state index contributed by atoms with van der Waals surface area (Å²) >= 11 is 1.47. The number of carbonyl (C=O) groups is 2. The molecule has 0 aliphatic carbocycles.